The van der Waals surface area contributed by atoms with E-state index in [1.54, 1.807) is 7.11 Å². The maximum atomic E-state index is 5.35. The molecule has 1 aromatic carbocycles. The molecule has 0 spiro atoms. The fraction of sp³-hybridized carbons (Fsp3) is 0.538. The molecule has 15 heavy (non-hydrogen) atoms. The van der Waals surface area contributed by atoms with Crippen LogP contribution in [0.4, 0.5) is 0 Å². The van der Waals surface area contributed by atoms with E-state index in [2.05, 4.69) is 39.1 Å². The lowest BCUT2D eigenvalue weighted by atomic mass is 9.93. The van der Waals surface area contributed by atoms with Gasteiger partial charge in [-0.05, 0) is 63.1 Å². The summed E-state index contributed by atoms with van der Waals surface area (Å²) in [5, 5.41) is 3.29. The molecule has 0 bridgehead atoms. The van der Waals surface area contributed by atoms with Crippen molar-refractivity contribution in [2.24, 2.45) is 0 Å². The molecule has 0 aliphatic rings. The summed E-state index contributed by atoms with van der Waals surface area (Å²) in [5.41, 5.74) is 5.24. The van der Waals surface area contributed by atoms with Crippen molar-refractivity contribution in [3.8, 4) is 5.75 Å². The molecule has 2 nitrogen and oxygen atoms in total. The monoisotopic (exact) mass is 207 g/mol. The lowest BCUT2D eigenvalue weighted by molar-refractivity contribution is 0.410. The van der Waals surface area contributed by atoms with Crippen molar-refractivity contribution in [3.05, 3.63) is 28.3 Å². The maximum absolute atomic E-state index is 5.35. The van der Waals surface area contributed by atoms with E-state index < -0.39 is 0 Å². The predicted octanol–water partition coefficient (Wildman–Crippen LogP) is 2.90. The van der Waals surface area contributed by atoms with E-state index in [4.69, 9.17) is 4.74 Å². The third-order valence-corrected chi connectivity index (χ3v) is 3.19. The quantitative estimate of drug-likeness (QED) is 0.823. The van der Waals surface area contributed by atoms with Gasteiger partial charge in [-0.3, -0.25) is 0 Å². The Kier molecular flexibility index (Phi) is 3.75. The van der Waals surface area contributed by atoms with Crippen LogP contribution in [0.5, 0.6) is 5.75 Å². The van der Waals surface area contributed by atoms with Crippen molar-refractivity contribution in [1.82, 2.24) is 5.32 Å². The zero-order chi connectivity index (χ0) is 11.6. The second kappa shape index (κ2) is 4.67. The Morgan fingerprint density at radius 1 is 1.20 bits per heavy atom. The van der Waals surface area contributed by atoms with Gasteiger partial charge in [-0.2, -0.15) is 0 Å². The highest BCUT2D eigenvalue weighted by atomic mass is 16.5. The number of hydrogen-bond donors (Lipinski definition) is 1. The Morgan fingerprint density at radius 2 is 1.80 bits per heavy atom. The van der Waals surface area contributed by atoms with E-state index in [0.29, 0.717) is 6.04 Å². The average Bonchev–Trinajstić information content (AvgIpc) is 2.23. The molecule has 0 saturated heterocycles. The van der Waals surface area contributed by atoms with Crippen LogP contribution >= 0.6 is 0 Å². The average molecular weight is 207 g/mol. The summed E-state index contributed by atoms with van der Waals surface area (Å²) in [6, 6.07) is 2.50. The van der Waals surface area contributed by atoms with E-state index >= 15 is 0 Å². The Balaban J connectivity index is 3.35. The molecule has 0 saturated carbocycles. The normalized spacial score (nSPS) is 12.7. The summed E-state index contributed by atoms with van der Waals surface area (Å²) in [5.74, 6) is 0.983. The van der Waals surface area contributed by atoms with Crippen molar-refractivity contribution in [2.45, 2.75) is 33.7 Å². The first kappa shape index (κ1) is 12.1. The smallest absolute Gasteiger partial charge is 0.122 e. The molecule has 0 heterocycles. The van der Waals surface area contributed by atoms with Gasteiger partial charge in [-0.25, -0.2) is 0 Å². The van der Waals surface area contributed by atoms with Gasteiger partial charge < -0.3 is 10.1 Å². The number of methoxy groups -OCH3 is 1. The Labute approximate surface area is 92.6 Å². The van der Waals surface area contributed by atoms with Gasteiger partial charge in [0.2, 0.25) is 0 Å². The topological polar surface area (TPSA) is 21.3 Å². The zero-order valence-corrected chi connectivity index (χ0v) is 10.6. The van der Waals surface area contributed by atoms with E-state index in [0.717, 1.165) is 5.75 Å². The van der Waals surface area contributed by atoms with E-state index in [9.17, 15) is 0 Å². The fourth-order valence-electron chi connectivity index (χ4n) is 2.09. The van der Waals surface area contributed by atoms with E-state index in [1.807, 2.05) is 7.05 Å². The van der Waals surface area contributed by atoms with Gasteiger partial charge in [-0.1, -0.05) is 0 Å². The molecule has 1 unspecified atom stereocenters. The Bertz CT molecular complexity index is 358. The van der Waals surface area contributed by atoms with E-state index in [-0.39, 0.29) is 0 Å². The summed E-state index contributed by atoms with van der Waals surface area (Å²) in [6.07, 6.45) is 0. The molecule has 84 valence electrons. The standard InChI is InChI=1S/C13H21NO/c1-8-7-12(15-6)9(2)10(3)13(8)11(4)14-5/h7,11,14H,1-6H3. The summed E-state index contributed by atoms with van der Waals surface area (Å²) in [4.78, 5) is 0. The number of nitrogens with one attached hydrogen (secondary N) is 1. The van der Waals surface area contributed by atoms with Gasteiger partial charge >= 0.3 is 0 Å². The second-order valence-electron chi connectivity index (χ2n) is 4.07. The fourth-order valence-corrected chi connectivity index (χ4v) is 2.09. The molecule has 1 atom stereocenters. The highest BCUT2D eigenvalue weighted by Gasteiger charge is 2.14. The summed E-state index contributed by atoms with van der Waals surface area (Å²) < 4.78 is 5.35. The van der Waals surface area contributed by atoms with Crippen LogP contribution in [-0.4, -0.2) is 14.2 Å². The minimum absolute atomic E-state index is 0.384. The molecule has 0 fully saturated rings. The second-order valence-corrected chi connectivity index (χ2v) is 4.07. The molecule has 0 radical (unpaired) electrons. The number of hydrogen-bond acceptors (Lipinski definition) is 2. The molecule has 1 N–H and O–H groups in total. The highest BCUT2D eigenvalue weighted by Crippen LogP contribution is 2.30. The predicted molar refractivity (Wildman–Crippen MR) is 64.7 cm³/mol. The number of rotatable bonds is 3. The Morgan fingerprint density at radius 3 is 2.27 bits per heavy atom. The maximum Gasteiger partial charge on any atom is 0.122 e. The third kappa shape index (κ3) is 2.15. The molecule has 1 rings (SSSR count). The van der Waals surface area contributed by atoms with Crippen LogP contribution in [0.1, 0.15) is 35.2 Å². The molecular formula is C13H21NO. The summed E-state index contributed by atoms with van der Waals surface area (Å²) >= 11 is 0. The van der Waals surface area contributed by atoms with Gasteiger partial charge in [-0.15, -0.1) is 0 Å². The first-order valence-electron chi connectivity index (χ1n) is 5.34. The highest BCUT2D eigenvalue weighted by molar-refractivity contribution is 5.49. The largest absolute Gasteiger partial charge is 0.496 e. The first-order valence-corrected chi connectivity index (χ1v) is 5.34. The molecule has 0 aliphatic heterocycles. The molecule has 2 heteroatoms. The molecule has 1 aromatic rings. The first-order chi connectivity index (χ1) is 7.02. The molecule has 0 aliphatic carbocycles. The Hall–Kier alpha value is -1.02. The van der Waals surface area contributed by atoms with Crippen molar-refractivity contribution in [3.63, 3.8) is 0 Å². The van der Waals surface area contributed by atoms with Crippen LogP contribution in [0, 0.1) is 20.8 Å². The van der Waals surface area contributed by atoms with Gasteiger partial charge in [0.25, 0.3) is 0 Å². The minimum atomic E-state index is 0.384. The zero-order valence-electron chi connectivity index (χ0n) is 10.6. The lowest BCUT2D eigenvalue weighted by Crippen LogP contribution is -2.15. The minimum Gasteiger partial charge on any atom is -0.496 e. The van der Waals surface area contributed by atoms with Gasteiger partial charge in [0.1, 0.15) is 5.75 Å². The van der Waals surface area contributed by atoms with Crippen LogP contribution in [0.2, 0.25) is 0 Å². The molecule has 0 aromatic heterocycles. The lowest BCUT2D eigenvalue weighted by Gasteiger charge is -2.20. The number of benzene rings is 1. The number of ether oxygens (including phenoxy) is 1. The van der Waals surface area contributed by atoms with Crippen molar-refractivity contribution in [1.29, 1.82) is 0 Å². The van der Waals surface area contributed by atoms with Crippen LogP contribution in [0.25, 0.3) is 0 Å². The van der Waals surface area contributed by atoms with Gasteiger partial charge in [0.15, 0.2) is 0 Å². The van der Waals surface area contributed by atoms with Crippen LogP contribution < -0.4 is 10.1 Å². The SMILES string of the molecule is CNC(C)c1c(C)cc(OC)c(C)c1C. The summed E-state index contributed by atoms with van der Waals surface area (Å²) in [7, 11) is 3.71. The van der Waals surface area contributed by atoms with Crippen LogP contribution in [-0.2, 0) is 0 Å². The number of aryl methyl sites for hydroxylation is 1. The van der Waals surface area contributed by atoms with Crippen molar-refractivity contribution < 1.29 is 4.74 Å². The summed E-state index contributed by atoms with van der Waals surface area (Å²) in [6.45, 7) is 8.59. The van der Waals surface area contributed by atoms with Gasteiger partial charge in [0, 0.05) is 6.04 Å². The van der Waals surface area contributed by atoms with Crippen molar-refractivity contribution in [2.75, 3.05) is 14.2 Å². The van der Waals surface area contributed by atoms with E-state index in [1.165, 1.54) is 22.3 Å². The molecule has 0 amide bonds. The molecular weight excluding hydrogens is 186 g/mol. The van der Waals surface area contributed by atoms with Crippen LogP contribution in [0.15, 0.2) is 6.07 Å². The third-order valence-electron chi connectivity index (χ3n) is 3.19. The van der Waals surface area contributed by atoms with Gasteiger partial charge in [0.05, 0.1) is 7.11 Å². The van der Waals surface area contributed by atoms with Crippen molar-refractivity contribution >= 4 is 0 Å². The van der Waals surface area contributed by atoms with Crippen LogP contribution in [0.3, 0.4) is 0 Å².